The van der Waals surface area contributed by atoms with E-state index in [1.165, 1.54) is 23.9 Å². The van der Waals surface area contributed by atoms with E-state index in [0.29, 0.717) is 10.9 Å². The van der Waals surface area contributed by atoms with E-state index in [4.69, 9.17) is 0 Å². The lowest BCUT2D eigenvalue weighted by molar-refractivity contribution is -0.116. The van der Waals surface area contributed by atoms with Gasteiger partial charge in [0.25, 0.3) is 0 Å². The van der Waals surface area contributed by atoms with Crippen molar-refractivity contribution < 1.29 is 9.18 Å². The summed E-state index contributed by atoms with van der Waals surface area (Å²) in [5, 5.41) is 3.31. The molecule has 84 valence electrons. The van der Waals surface area contributed by atoms with Crippen molar-refractivity contribution in [3.8, 4) is 0 Å². The molecule has 0 spiro atoms. The molecule has 1 aliphatic heterocycles. The number of nitrogens with zero attached hydrogens (tertiary/aromatic N) is 1. The third-order valence-electron chi connectivity index (χ3n) is 2.25. The van der Waals surface area contributed by atoms with Crippen molar-refractivity contribution in [1.82, 2.24) is 5.32 Å². The Hall–Kier alpha value is -1.36. The summed E-state index contributed by atoms with van der Waals surface area (Å²) in [4.78, 5) is 15.3. The first kappa shape index (κ1) is 11.1. The van der Waals surface area contributed by atoms with Crippen LogP contribution >= 0.6 is 11.8 Å². The van der Waals surface area contributed by atoms with E-state index in [1.807, 2.05) is 6.92 Å². The maximum absolute atomic E-state index is 12.7. The van der Waals surface area contributed by atoms with Gasteiger partial charge in [0.15, 0.2) is 5.17 Å². The summed E-state index contributed by atoms with van der Waals surface area (Å²) in [5.74, 6) is 0.150. The number of hydrogen-bond acceptors (Lipinski definition) is 3. The molecular weight excluding hydrogens is 227 g/mol. The summed E-state index contributed by atoms with van der Waals surface area (Å²) in [5.41, 5.74) is 0.927. The van der Waals surface area contributed by atoms with Crippen LogP contribution in [0.2, 0.25) is 0 Å². The Kier molecular flexibility index (Phi) is 3.24. The number of rotatable bonds is 2. The highest BCUT2D eigenvalue weighted by molar-refractivity contribution is 8.15. The molecule has 1 aliphatic rings. The molecular formula is C11H11FN2OS. The van der Waals surface area contributed by atoms with E-state index < -0.39 is 0 Å². The maximum atomic E-state index is 12.7. The van der Waals surface area contributed by atoms with Crippen molar-refractivity contribution in [2.45, 2.75) is 13.0 Å². The molecule has 0 radical (unpaired) electrons. The molecule has 0 aromatic heterocycles. The van der Waals surface area contributed by atoms with Crippen molar-refractivity contribution >= 4 is 22.8 Å². The number of hydrogen-bond donors (Lipinski definition) is 1. The fourth-order valence-corrected chi connectivity index (χ4v) is 2.15. The summed E-state index contributed by atoms with van der Waals surface area (Å²) >= 11 is 1.39. The SMILES string of the molecule is C[C@H](N=C1NC(=O)CS1)c1ccc(F)cc1. The normalized spacial score (nSPS) is 19.9. The van der Waals surface area contributed by atoms with Crippen molar-refractivity contribution in [3.05, 3.63) is 35.6 Å². The highest BCUT2D eigenvalue weighted by Crippen LogP contribution is 2.20. The molecule has 3 nitrogen and oxygen atoms in total. The summed E-state index contributed by atoms with van der Waals surface area (Å²) < 4.78 is 12.7. The molecule has 1 aromatic carbocycles. The number of carbonyl (C=O) groups excluding carboxylic acids is 1. The minimum atomic E-state index is -0.257. The van der Waals surface area contributed by atoms with Gasteiger partial charge in [-0.15, -0.1) is 0 Å². The standard InChI is InChI=1S/C11H11FN2OS/c1-7(8-2-4-9(12)5-3-8)13-11-14-10(15)6-16-11/h2-5,7H,6H2,1H3,(H,13,14,15)/t7-/m0/s1. The Morgan fingerprint density at radius 3 is 2.69 bits per heavy atom. The van der Waals surface area contributed by atoms with Crippen molar-refractivity contribution in [1.29, 1.82) is 0 Å². The van der Waals surface area contributed by atoms with Gasteiger partial charge in [0.2, 0.25) is 5.91 Å². The lowest BCUT2D eigenvalue weighted by Crippen LogP contribution is -2.20. The van der Waals surface area contributed by atoms with Crippen LogP contribution in [0, 0.1) is 5.82 Å². The van der Waals surface area contributed by atoms with Crippen LogP contribution in [0.25, 0.3) is 0 Å². The molecule has 1 heterocycles. The zero-order valence-electron chi connectivity index (χ0n) is 8.74. The summed E-state index contributed by atoms with van der Waals surface area (Å²) in [7, 11) is 0. The molecule has 0 saturated carbocycles. The number of benzene rings is 1. The topological polar surface area (TPSA) is 41.5 Å². The predicted molar refractivity (Wildman–Crippen MR) is 62.9 cm³/mol. The number of nitrogens with one attached hydrogen (secondary N) is 1. The number of thioether (sulfide) groups is 1. The second-order valence-electron chi connectivity index (χ2n) is 3.50. The Morgan fingerprint density at radius 2 is 2.12 bits per heavy atom. The molecule has 1 amide bonds. The van der Waals surface area contributed by atoms with Gasteiger partial charge in [-0.25, -0.2) is 4.39 Å². The van der Waals surface area contributed by atoms with E-state index in [1.54, 1.807) is 12.1 Å². The largest absolute Gasteiger partial charge is 0.305 e. The zero-order valence-corrected chi connectivity index (χ0v) is 9.55. The fourth-order valence-electron chi connectivity index (χ4n) is 1.39. The average molecular weight is 238 g/mol. The maximum Gasteiger partial charge on any atom is 0.236 e. The predicted octanol–water partition coefficient (Wildman–Crippen LogP) is 2.11. The Morgan fingerprint density at radius 1 is 1.44 bits per heavy atom. The highest BCUT2D eigenvalue weighted by Gasteiger charge is 2.17. The Labute approximate surface area is 97.1 Å². The van der Waals surface area contributed by atoms with Crippen LogP contribution < -0.4 is 5.32 Å². The molecule has 2 rings (SSSR count). The van der Waals surface area contributed by atoms with Crippen LogP contribution in [-0.4, -0.2) is 16.8 Å². The second-order valence-corrected chi connectivity index (χ2v) is 4.46. The van der Waals surface area contributed by atoms with Gasteiger partial charge < -0.3 is 5.32 Å². The monoisotopic (exact) mass is 238 g/mol. The van der Waals surface area contributed by atoms with Crippen LogP contribution in [0.5, 0.6) is 0 Å². The minimum Gasteiger partial charge on any atom is -0.305 e. The first-order chi connectivity index (χ1) is 7.65. The van der Waals surface area contributed by atoms with Crippen molar-refractivity contribution in [2.75, 3.05) is 5.75 Å². The second kappa shape index (κ2) is 4.65. The van der Waals surface area contributed by atoms with Crippen LogP contribution in [-0.2, 0) is 4.79 Å². The van der Waals surface area contributed by atoms with E-state index in [0.717, 1.165) is 5.56 Å². The summed E-state index contributed by atoms with van der Waals surface area (Å²) in [6.45, 7) is 1.91. The first-order valence-corrected chi connectivity index (χ1v) is 5.89. The van der Waals surface area contributed by atoms with Gasteiger partial charge in [-0.05, 0) is 24.6 Å². The van der Waals surface area contributed by atoms with Crippen molar-refractivity contribution in [3.63, 3.8) is 0 Å². The summed E-state index contributed by atoms with van der Waals surface area (Å²) in [6, 6.07) is 6.14. The van der Waals surface area contributed by atoms with Gasteiger partial charge in [-0.1, -0.05) is 23.9 Å². The number of carbonyl (C=O) groups is 1. The minimum absolute atomic E-state index is 0.0185. The van der Waals surface area contributed by atoms with Crippen LogP contribution in [0.1, 0.15) is 18.5 Å². The fraction of sp³-hybridized carbons (Fsp3) is 0.273. The smallest absolute Gasteiger partial charge is 0.236 e. The van der Waals surface area contributed by atoms with Gasteiger partial charge in [-0.2, -0.15) is 0 Å². The number of halogens is 1. The quantitative estimate of drug-likeness (QED) is 0.857. The van der Waals surface area contributed by atoms with Gasteiger partial charge in [0, 0.05) is 0 Å². The third-order valence-corrected chi connectivity index (χ3v) is 3.14. The van der Waals surface area contributed by atoms with E-state index >= 15 is 0 Å². The lowest BCUT2D eigenvalue weighted by atomic mass is 10.1. The molecule has 1 N–H and O–H groups in total. The van der Waals surface area contributed by atoms with Gasteiger partial charge in [0.1, 0.15) is 5.82 Å². The lowest BCUT2D eigenvalue weighted by Gasteiger charge is -2.07. The Bertz CT molecular complexity index is 430. The Balaban J connectivity index is 2.10. The first-order valence-electron chi connectivity index (χ1n) is 4.91. The van der Waals surface area contributed by atoms with Gasteiger partial charge in [-0.3, -0.25) is 9.79 Å². The molecule has 0 aliphatic carbocycles. The molecule has 0 unspecified atom stereocenters. The number of aliphatic imine (C=N–C) groups is 1. The molecule has 1 saturated heterocycles. The van der Waals surface area contributed by atoms with Gasteiger partial charge in [0.05, 0.1) is 11.8 Å². The molecule has 5 heteroatoms. The summed E-state index contributed by atoms with van der Waals surface area (Å²) in [6.07, 6.45) is 0. The van der Waals surface area contributed by atoms with E-state index in [2.05, 4.69) is 10.3 Å². The number of amides is 1. The molecule has 1 fully saturated rings. The molecule has 1 atom stereocenters. The van der Waals surface area contributed by atoms with Gasteiger partial charge >= 0.3 is 0 Å². The van der Waals surface area contributed by atoms with Crippen LogP contribution in [0.3, 0.4) is 0 Å². The van der Waals surface area contributed by atoms with Crippen LogP contribution in [0.15, 0.2) is 29.3 Å². The van der Waals surface area contributed by atoms with Crippen LogP contribution in [0.4, 0.5) is 4.39 Å². The number of amidine groups is 1. The van der Waals surface area contributed by atoms with E-state index in [9.17, 15) is 9.18 Å². The zero-order chi connectivity index (χ0) is 11.5. The highest BCUT2D eigenvalue weighted by atomic mass is 32.2. The molecule has 1 aromatic rings. The molecule has 16 heavy (non-hydrogen) atoms. The molecule has 0 bridgehead atoms. The third kappa shape index (κ3) is 2.61. The van der Waals surface area contributed by atoms with E-state index in [-0.39, 0.29) is 17.8 Å². The average Bonchev–Trinajstić information content (AvgIpc) is 2.65. The van der Waals surface area contributed by atoms with Crippen molar-refractivity contribution in [2.24, 2.45) is 4.99 Å².